The Bertz CT molecular complexity index is 360. The molecule has 0 heterocycles. The summed E-state index contributed by atoms with van der Waals surface area (Å²) in [5, 5.41) is 0. The molecule has 1 nitrogen and oxygen atoms in total. The molecule has 0 amide bonds. The number of hydrogen-bond donors (Lipinski definition) is 1. The van der Waals surface area contributed by atoms with Gasteiger partial charge in [0.25, 0.3) is 0 Å². The second-order valence-electron chi connectivity index (χ2n) is 4.16. The van der Waals surface area contributed by atoms with Crippen LogP contribution in [0.3, 0.4) is 0 Å². The lowest BCUT2D eigenvalue weighted by Crippen LogP contribution is -2.28. The van der Waals surface area contributed by atoms with Gasteiger partial charge in [-0.1, -0.05) is 26.0 Å². The molecule has 16 heavy (non-hydrogen) atoms. The van der Waals surface area contributed by atoms with E-state index in [4.69, 9.17) is 5.73 Å². The molecule has 1 aromatic carbocycles. The summed E-state index contributed by atoms with van der Waals surface area (Å²) in [6, 6.07) is 6.42. The fraction of sp³-hybridized carbons (Fsp3) is 0.455. The van der Waals surface area contributed by atoms with Crippen LogP contribution in [-0.4, -0.2) is 12.1 Å². The summed E-state index contributed by atoms with van der Waals surface area (Å²) in [5.41, 5.74) is 1.86. The molecule has 0 bridgehead atoms. The van der Waals surface area contributed by atoms with Crippen molar-refractivity contribution in [3.8, 4) is 0 Å². The van der Waals surface area contributed by atoms with Gasteiger partial charge in [0.2, 0.25) is 0 Å². The highest BCUT2D eigenvalue weighted by atomic mass is 32.2. The Balaban J connectivity index is 2.96. The van der Waals surface area contributed by atoms with Crippen LogP contribution in [0.15, 0.2) is 29.2 Å². The van der Waals surface area contributed by atoms with Crippen LogP contribution in [0.5, 0.6) is 0 Å². The van der Waals surface area contributed by atoms with E-state index in [1.165, 1.54) is 6.07 Å². The van der Waals surface area contributed by atoms with Gasteiger partial charge in [-0.15, -0.1) is 0 Å². The van der Waals surface area contributed by atoms with Gasteiger partial charge in [-0.25, -0.2) is 0 Å². The maximum atomic E-state index is 12.2. The minimum atomic E-state index is -4.24. The smallest absolute Gasteiger partial charge is 0.330 e. The van der Waals surface area contributed by atoms with E-state index in [9.17, 15) is 13.2 Å². The van der Waals surface area contributed by atoms with Gasteiger partial charge in [0.1, 0.15) is 0 Å². The predicted octanol–water partition coefficient (Wildman–Crippen LogP) is 3.53. The quantitative estimate of drug-likeness (QED) is 0.829. The molecule has 2 N–H and O–H groups in total. The number of hydrogen-bond acceptors (Lipinski definition) is 2. The van der Waals surface area contributed by atoms with Gasteiger partial charge in [0.15, 0.2) is 0 Å². The molecule has 0 aliphatic heterocycles. The highest BCUT2D eigenvalue weighted by Gasteiger charge is 2.29. The first-order valence-electron chi connectivity index (χ1n) is 4.81. The van der Waals surface area contributed by atoms with Gasteiger partial charge in [0, 0.05) is 16.9 Å². The first kappa shape index (κ1) is 13.4. The number of rotatable bonds is 3. The number of nitrogens with two attached hydrogens (primary N) is 1. The van der Waals surface area contributed by atoms with Gasteiger partial charge in [0.05, 0.1) is 0 Å². The molecule has 0 saturated carbocycles. The zero-order valence-corrected chi connectivity index (χ0v) is 9.95. The Morgan fingerprint density at radius 3 is 2.38 bits per heavy atom. The molecule has 0 aromatic heterocycles. The van der Waals surface area contributed by atoms with Crippen LogP contribution in [0.4, 0.5) is 13.2 Å². The number of alkyl halides is 3. The fourth-order valence-electron chi connectivity index (χ4n) is 1.23. The van der Waals surface area contributed by atoms with E-state index in [-0.39, 0.29) is 22.1 Å². The zero-order valence-electron chi connectivity index (χ0n) is 9.14. The van der Waals surface area contributed by atoms with E-state index in [1.54, 1.807) is 18.2 Å². The van der Waals surface area contributed by atoms with E-state index in [0.29, 0.717) is 6.54 Å². The molecule has 0 atom stereocenters. The molecule has 0 aliphatic rings. The molecule has 0 unspecified atom stereocenters. The summed E-state index contributed by atoms with van der Waals surface area (Å²) in [5.74, 6) is 0. The zero-order chi connectivity index (χ0) is 12.4. The number of halogens is 3. The SMILES string of the molecule is CC(C)(CN)c1cccc(SC(F)(F)F)c1. The Morgan fingerprint density at radius 2 is 1.88 bits per heavy atom. The first-order valence-corrected chi connectivity index (χ1v) is 5.62. The summed E-state index contributed by atoms with van der Waals surface area (Å²) in [4.78, 5) is 0.200. The van der Waals surface area contributed by atoms with Crippen LogP contribution >= 0.6 is 11.8 Å². The molecule has 1 rings (SSSR count). The topological polar surface area (TPSA) is 26.0 Å². The lowest BCUT2D eigenvalue weighted by molar-refractivity contribution is -0.0328. The van der Waals surface area contributed by atoms with Crippen LogP contribution < -0.4 is 5.73 Å². The van der Waals surface area contributed by atoms with Crippen molar-refractivity contribution < 1.29 is 13.2 Å². The third-order valence-corrected chi connectivity index (χ3v) is 3.08. The van der Waals surface area contributed by atoms with Crippen LogP contribution in [-0.2, 0) is 5.41 Å². The van der Waals surface area contributed by atoms with E-state index in [0.717, 1.165) is 5.56 Å². The number of benzene rings is 1. The molecule has 0 aliphatic carbocycles. The minimum Gasteiger partial charge on any atom is -0.330 e. The van der Waals surface area contributed by atoms with Crippen LogP contribution in [0.25, 0.3) is 0 Å². The normalized spacial score (nSPS) is 12.9. The van der Waals surface area contributed by atoms with Crippen molar-refractivity contribution in [3.63, 3.8) is 0 Å². The molecule has 0 spiro atoms. The Kier molecular flexibility index (Phi) is 3.91. The predicted molar refractivity (Wildman–Crippen MR) is 60.4 cm³/mol. The van der Waals surface area contributed by atoms with Gasteiger partial charge in [-0.05, 0) is 29.5 Å². The molecule has 0 fully saturated rings. The fourth-order valence-corrected chi connectivity index (χ4v) is 1.83. The third-order valence-electron chi connectivity index (χ3n) is 2.36. The Hall–Kier alpha value is -0.680. The van der Waals surface area contributed by atoms with Crippen molar-refractivity contribution >= 4 is 11.8 Å². The first-order chi connectivity index (χ1) is 7.24. The standard InChI is InChI=1S/C11H14F3NS/c1-10(2,7-15)8-4-3-5-9(6-8)16-11(12,13)14/h3-6H,7,15H2,1-2H3. The second kappa shape index (κ2) is 4.67. The largest absolute Gasteiger partial charge is 0.446 e. The maximum Gasteiger partial charge on any atom is 0.446 e. The van der Waals surface area contributed by atoms with Gasteiger partial charge >= 0.3 is 5.51 Å². The molecular formula is C11H14F3NS. The van der Waals surface area contributed by atoms with Crippen LogP contribution in [0, 0.1) is 0 Å². The van der Waals surface area contributed by atoms with Crippen LogP contribution in [0.2, 0.25) is 0 Å². The molecule has 0 saturated heterocycles. The van der Waals surface area contributed by atoms with Gasteiger partial charge in [-0.2, -0.15) is 13.2 Å². The lowest BCUT2D eigenvalue weighted by atomic mass is 9.85. The van der Waals surface area contributed by atoms with Crippen molar-refractivity contribution in [1.82, 2.24) is 0 Å². The van der Waals surface area contributed by atoms with E-state index < -0.39 is 5.51 Å². The van der Waals surface area contributed by atoms with E-state index in [1.807, 2.05) is 13.8 Å². The second-order valence-corrected chi connectivity index (χ2v) is 5.30. The average Bonchev–Trinajstić information content (AvgIpc) is 2.15. The highest BCUT2D eigenvalue weighted by Crippen LogP contribution is 2.38. The molecule has 1 aromatic rings. The van der Waals surface area contributed by atoms with Crippen molar-refractivity contribution in [2.75, 3.05) is 6.54 Å². The minimum absolute atomic E-state index is 0.0993. The lowest BCUT2D eigenvalue weighted by Gasteiger charge is -2.23. The summed E-state index contributed by atoms with van der Waals surface area (Å²) >= 11 is -0.0993. The monoisotopic (exact) mass is 249 g/mol. The molecule has 90 valence electrons. The van der Waals surface area contributed by atoms with Crippen molar-refractivity contribution in [2.24, 2.45) is 5.73 Å². The van der Waals surface area contributed by atoms with Crippen molar-refractivity contribution in [1.29, 1.82) is 0 Å². The Morgan fingerprint density at radius 1 is 1.25 bits per heavy atom. The molecular weight excluding hydrogens is 235 g/mol. The summed E-state index contributed by atoms with van der Waals surface area (Å²) < 4.78 is 36.6. The van der Waals surface area contributed by atoms with Gasteiger partial charge in [-0.3, -0.25) is 0 Å². The highest BCUT2D eigenvalue weighted by molar-refractivity contribution is 8.00. The summed E-state index contributed by atoms with van der Waals surface area (Å²) in [6.45, 7) is 4.21. The van der Waals surface area contributed by atoms with Crippen molar-refractivity contribution in [2.45, 2.75) is 29.7 Å². The van der Waals surface area contributed by atoms with E-state index >= 15 is 0 Å². The van der Waals surface area contributed by atoms with Gasteiger partial charge < -0.3 is 5.73 Å². The Labute approximate surface area is 97.2 Å². The summed E-state index contributed by atoms with van der Waals surface area (Å²) in [6.07, 6.45) is 0. The molecule has 0 radical (unpaired) electrons. The average molecular weight is 249 g/mol. The molecule has 5 heteroatoms. The van der Waals surface area contributed by atoms with E-state index in [2.05, 4.69) is 0 Å². The summed E-state index contributed by atoms with van der Waals surface area (Å²) in [7, 11) is 0. The van der Waals surface area contributed by atoms with Crippen molar-refractivity contribution in [3.05, 3.63) is 29.8 Å². The van der Waals surface area contributed by atoms with Crippen LogP contribution in [0.1, 0.15) is 19.4 Å². The maximum absolute atomic E-state index is 12.2. The number of thioether (sulfide) groups is 1. The third kappa shape index (κ3) is 3.72.